The summed E-state index contributed by atoms with van der Waals surface area (Å²) < 4.78 is 0. The summed E-state index contributed by atoms with van der Waals surface area (Å²) in [6.45, 7) is 6.13. The Morgan fingerprint density at radius 3 is 2.24 bits per heavy atom. The first kappa shape index (κ1) is 15.1. The summed E-state index contributed by atoms with van der Waals surface area (Å²) in [6, 6.07) is 11.6. The average Bonchev–Trinajstić information content (AvgIpc) is 2.47. The first-order valence-electron chi connectivity index (χ1n) is 7.35. The van der Waals surface area contributed by atoms with Crippen LogP contribution >= 0.6 is 0 Å². The highest BCUT2D eigenvalue weighted by molar-refractivity contribution is 6.08. The Balaban J connectivity index is 2.35. The Hall–Kier alpha value is -2.29. The Morgan fingerprint density at radius 1 is 1.10 bits per heavy atom. The average molecular weight is 282 g/mol. The van der Waals surface area contributed by atoms with E-state index in [2.05, 4.69) is 19.2 Å². The Kier molecular flexibility index (Phi) is 4.63. The van der Waals surface area contributed by atoms with Crippen LogP contribution < -0.4 is 11.1 Å². The van der Waals surface area contributed by atoms with E-state index in [0.29, 0.717) is 11.3 Å². The highest BCUT2D eigenvalue weighted by atomic mass is 16.1. The molecule has 0 aliphatic carbocycles. The van der Waals surface area contributed by atoms with Crippen molar-refractivity contribution in [2.45, 2.75) is 33.6 Å². The predicted octanol–water partition coefficient (Wildman–Crippen LogP) is 3.95. The Labute approximate surface area is 126 Å². The molecule has 0 aliphatic rings. The summed E-state index contributed by atoms with van der Waals surface area (Å²) in [5, 5.41) is 3.04. The number of hydrogen-bond donors (Lipinski definition) is 2. The molecule has 0 spiro atoms. The highest BCUT2D eigenvalue weighted by Gasteiger charge is 2.13. The SMILES string of the molecule is CCc1cccc(CC)c1NC(=O)c1ccc(C)cc1N. The van der Waals surface area contributed by atoms with Gasteiger partial charge in [0.25, 0.3) is 5.91 Å². The van der Waals surface area contributed by atoms with E-state index in [0.717, 1.165) is 35.2 Å². The molecule has 2 aromatic carbocycles. The smallest absolute Gasteiger partial charge is 0.257 e. The molecule has 2 aromatic rings. The third kappa shape index (κ3) is 3.24. The van der Waals surface area contributed by atoms with Crippen LogP contribution in [-0.2, 0) is 12.8 Å². The minimum Gasteiger partial charge on any atom is -0.398 e. The number of nitrogens with two attached hydrogens (primary N) is 1. The van der Waals surface area contributed by atoms with Crippen LogP contribution in [0.15, 0.2) is 36.4 Å². The first-order chi connectivity index (χ1) is 10.1. The lowest BCUT2D eigenvalue weighted by Crippen LogP contribution is -2.16. The lowest BCUT2D eigenvalue weighted by atomic mass is 10.0. The summed E-state index contributed by atoms with van der Waals surface area (Å²) in [4.78, 5) is 12.5. The third-order valence-corrected chi connectivity index (χ3v) is 3.69. The molecule has 0 aromatic heterocycles. The maximum absolute atomic E-state index is 12.5. The molecule has 3 nitrogen and oxygen atoms in total. The standard InChI is InChI=1S/C18H22N2O/c1-4-13-7-6-8-14(5-2)17(13)20-18(21)15-10-9-12(3)11-16(15)19/h6-11H,4-5,19H2,1-3H3,(H,20,21). The van der Waals surface area contributed by atoms with Crippen LogP contribution in [0.3, 0.4) is 0 Å². The van der Waals surface area contributed by atoms with Gasteiger partial charge in [-0.1, -0.05) is 38.1 Å². The largest absolute Gasteiger partial charge is 0.398 e. The van der Waals surface area contributed by atoms with E-state index in [4.69, 9.17) is 5.73 Å². The van der Waals surface area contributed by atoms with Crippen LogP contribution in [0.4, 0.5) is 11.4 Å². The number of anilines is 2. The maximum Gasteiger partial charge on any atom is 0.257 e. The van der Waals surface area contributed by atoms with E-state index in [1.165, 1.54) is 0 Å². The van der Waals surface area contributed by atoms with E-state index in [9.17, 15) is 4.79 Å². The molecule has 0 aliphatic heterocycles. The van der Waals surface area contributed by atoms with Crippen LogP contribution in [0.5, 0.6) is 0 Å². The molecule has 110 valence electrons. The second kappa shape index (κ2) is 6.44. The normalized spacial score (nSPS) is 10.4. The van der Waals surface area contributed by atoms with Crippen LogP contribution in [0.1, 0.15) is 40.9 Å². The molecule has 0 unspecified atom stereocenters. The van der Waals surface area contributed by atoms with Gasteiger partial charge in [0.05, 0.1) is 5.56 Å². The van der Waals surface area contributed by atoms with Gasteiger partial charge < -0.3 is 11.1 Å². The van der Waals surface area contributed by atoms with E-state index in [-0.39, 0.29) is 5.91 Å². The number of para-hydroxylation sites is 1. The fourth-order valence-corrected chi connectivity index (χ4v) is 2.47. The van der Waals surface area contributed by atoms with Gasteiger partial charge >= 0.3 is 0 Å². The zero-order valence-corrected chi connectivity index (χ0v) is 12.9. The van der Waals surface area contributed by atoms with Crippen LogP contribution in [0.25, 0.3) is 0 Å². The molecule has 0 bridgehead atoms. The number of carbonyl (C=O) groups is 1. The van der Waals surface area contributed by atoms with Crippen molar-refractivity contribution in [3.63, 3.8) is 0 Å². The van der Waals surface area contributed by atoms with Crippen molar-refractivity contribution in [3.8, 4) is 0 Å². The fourth-order valence-electron chi connectivity index (χ4n) is 2.47. The van der Waals surface area contributed by atoms with E-state index >= 15 is 0 Å². The number of aryl methyl sites for hydroxylation is 3. The Bertz CT molecular complexity index is 640. The molecule has 3 heteroatoms. The molecule has 0 heterocycles. The second-order valence-electron chi connectivity index (χ2n) is 5.20. The summed E-state index contributed by atoms with van der Waals surface area (Å²) in [5.41, 5.74) is 11.3. The number of carbonyl (C=O) groups excluding carboxylic acids is 1. The number of benzene rings is 2. The monoisotopic (exact) mass is 282 g/mol. The molecule has 3 N–H and O–H groups in total. The van der Waals surface area contributed by atoms with Gasteiger partial charge in [-0.15, -0.1) is 0 Å². The van der Waals surface area contributed by atoms with Crippen molar-refractivity contribution in [3.05, 3.63) is 58.7 Å². The number of amides is 1. The lowest BCUT2D eigenvalue weighted by Gasteiger charge is -2.15. The van der Waals surface area contributed by atoms with Gasteiger partial charge in [0, 0.05) is 11.4 Å². The molecular formula is C18H22N2O. The van der Waals surface area contributed by atoms with Gasteiger partial charge in [-0.3, -0.25) is 4.79 Å². The van der Waals surface area contributed by atoms with Gasteiger partial charge in [0.2, 0.25) is 0 Å². The predicted molar refractivity (Wildman–Crippen MR) is 88.7 cm³/mol. The number of rotatable bonds is 4. The van der Waals surface area contributed by atoms with Gasteiger partial charge in [-0.2, -0.15) is 0 Å². The number of nitrogen functional groups attached to an aromatic ring is 1. The third-order valence-electron chi connectivity index (χ3n) is 3.69. The summed E-state index contributed by atoms with van der Waals surface area (Å²) in [5.74, 6) is -0.150. The Morgan fingerprint density at radius 2 is 1.71 bits per heavy atom. The molecule has 0 atom stereocenters. The molecule has 0 radical (unpaired) electrons. The summed E-state index contributed by atoms with van der Waals surface area (Å²) in [7, 11) is 0. The van der Waals surface area contributed by atoms with Crippen LogP contribution in [0, 0.1) is 6.92 Å². The van der Waals surface area contributed by atoms with Gasteiger partial charge in [-0.25, -0.2) is 0 Å². The van der Waals surface area contributed by atoms with Crippen molar-refractivity contribution in [1.29, 1.82) is 0 Å². The minimum absolute atomic E-state index is 0.150. The minimum atomic E-state index is -0.150. The van der Waals surface area contributed by atoms with Crippen molar-refractivity contribution < 1.29 is 4.79 Å². The molecule has 0 fully saturated rings. The zero-order chi connectivity index (χ0) is 15.4. The summed E-state index contributed by atoms with van der Waals surface area (Å²) >= 11 is 0. The molecule has 0 saturated heterocycles. The lowest BCUT2D eigenvalue weighted by molar-refractivity contribution is 0.102. The maximum atomic E-state index is 12.5. The van der Waals surface area contributed by atoms with Gasteiger partial charge in [0.1, 0.15) is 0 Å². The van der Waals surface area contributed by atoms with E-state index in [1.807, 2.05) is 37.3 Å². The number of nitrogens with one attached hydrogen (secondary N) is 1. The molecular weight excluding hydrogens is 260 g/mol. The van der Waals surface area contributed by atoms with Gasteiger partial charge in [-0.05, 0) is 48.6 Å². The van der Waals surface area contributed by atoms with Crippen molar-refractivity contribution >= 4 is 17.3 Å². The van der Waals surface area contributed by atoms with E-state index in [1.54, 1.807) is 6.07 Å². The zero-order valence-electron chi connectivity index (χ0n) is 12.9. The second-order valence-corrected chi connectivity index (χ2v) is 5.20. The highest BCUT2D eigenvalue weighted by Crippen LogP contribution is 2.24. The van der Waals surface area contributed by atoms with E-state index < -0.39 is 0 Å². The first-order valence-corrected chi connectivity index (χ1v) is 7.35. The number of hydrogen-bond acceptors (Lipinski definition) is 2. The molecule has 1 amide bonds. The fraction of sp³-hybridized carbons (Fsp3) is 0.278. The molecule has 2 rings (SSSR count). The van der Waals surface area contributed by atoms with Crippen molar-refractivity contribution in [2.75, 3.05) is 11.1 Å². The quantitative estimate of drug-likeness (QED) is 0.834. The molecule has 21 heavy (non-hydrogen) atoms. The summed E-state index contributed by atoms with van der Waals surface area (Å²) in [6.07, 6.45) is 1.76. The molecule has 0 saturated carbocycles. The van der Waals surface area contributed by atoms with Gasteiger partial charge in [0.15, 0.2) is 0 Å². The topological polar surface area (TPSA) is 55.1 Å². The van der Waals surface area contributed by atoms with Crippen LogP contribution in [-0.4, -0.2) is 5.91 Å². The van der Waals surface area contributed by atoms with Crippen LogP contribution in [0.2, 0.25) is 0 Å². The van der Waals surface area contributed by atoms with Crippen molar-refractivity contribution in [1.82, 2.24) is 0 Å². The van der Waals surface area contributed by atoms with Crippen molar-refractivity contribution in [2.24, 2.45) is 0 Å².